The molecule has 2 nitrogen and oxygen atoms in total. The molecule has 0 aliphatic heterocycles. The van der Waals surface area contributed by atoms with Gasteiger partial charge in [0.2, 0.25) is 0 Å². The third-order valence-corrected chi connectivity index (χ3v) is 3.83. The van der Waals surface area contributed by atoms with E-state index in [0.29, 0.717) is 0 Å². The maximum absolute atomic E-state index is 12.0. The Morgan fingerprint density at radius 3 is 2.65 bits per heavy atom. The summed E-state index contributed by atoms with van der Waals surface area (Å²) < 4.78 is 41.8. The maximum Gasteiger partial charge on any atom is 0.441 e. The van der Waals surface area contributed by atoms with E-state index in [0.717, 1.165) is 22.3 Å². The summed E-state index contributed by atoms with van der Waals surface area (Å²) in [4.78, 5) is 0. The van der Waals surface area contributed by atoms with Gasteiger partial charge in [0.05, 0.1) is 6.04 Å². The molecule has 1 aromatic carbocycles. The third-order valence-electron chi connectivity index (χ3n) is 3.09. The van der Waals surface area contributed by atoms with Gasteiger partial charge in [-0.3, -0.25) is 0 Å². The largest absolute Gasteiger partial charge is 0.459 e. The lowest BCUT2D eigenvalue weighted by Crippen LogP contribution is -2.22. The summed E-state index contributed by atoms with van der Waals surface area (Å²) in [6, 6.07) is 7.58. The van der Waals surface area contributed by atoms with Crippen molar-refractivity contribution in [2.45, 2.75) is 25.4 Å². The number of hydrogen-bond acceptors (Lipinski definition) is 3. The first-order valence-electron chi connectivity index (χ1n) is 6.30. The summed E-state index contributed by atoms with van der Waals surface area (Å²) in [6.45, 7) is 4.13. The monoisotopic (exact) mass is 303 g/mol. The molecule has 1 N–H and O–H groups in total. The van der Waals surface area contributed by atoms with E-state index >= 15 is 0 Å². The van der Waals surface area contributed by atoms with E-state index < -0.39 is 5.51 Å². The van der Waals surface area contributed by atoms with Crippen LogP contribution in [0, 0.1) is 6.92 Å². The summed E-state index contributed by atoms with van der Waals surface area (Å²) in [7, 11) is 0. The number of para-hydroxylation sites is 1. The highest BCUT2D eigenvalue weighted by Crippen LogP contribution is 2.31. The lowest BCUT2D eigenvalue weighted by molar-refractivity contribution is -0.0327. The van der Waals surface area contributed by atoms with Crippen molar-refractivity contribution in [2.75, 3.05) is 12.3 Å². The lowest BCUT2D eigenvalue weighted by Gasteiger charge is -2.12. The number of nitrogens with one attached hydrogen (secondary N) is 1. The van der Waals surface area contributed by atoms with Crippen molar-refractivity contribution in [1.82, 2.24) is 5.32 Å². The number of halogens is 3. The average Bonchev–Trinajstić information content (AvgIpc) is 2.72. The summed E-state index contributed by atoms with van der Waals surface area (Å²) in [5.41, 5.74) is -2.33. The van der Waals surface area contributed by atoms with Crippen molar-refractivity contribution in [3.8, 4) is 0 Å². The Labute approximate surface area is 119 Å². The van der Waals surface area contributed by atoms with E-state index in [2.05, 4.69) is 5.32 Å². The molecule has 6 heteroatoms. The highest BCUT2D eigenvalue weighted by molar-refractivity contribution is 8.00. The zero-order valence-electron chi connectivity index (χ0n) is 11.3. The van der Waals surface area contributed by atoms with Gasteiger partial charge in [0.1, 0.15) is 11.3 Å². The minimum atomic E-state index is -4.17. The number of fused-ring (bicyclic) bond motifs is 1. The molecule has 0 saturated carbocycles. The predicted molar refractivity (Wildman–Crippen MR) is 75.9 cm³/mol. The van der Waals surface area contributed by atoms with Gasteiger partial charge in [-0.05, 0) is 37.2 Å². The molecular weight excluding hydrogens is 287 g/mol. The summed E-state index contributed by atoms with van der Waals surface area (Å²) in [6.07, 6.45) is 0. The third kappa shape index (κ3) is 3.70. The molecule has 0 saturated heterocycles. The number of hydrogen-bond donors (Lipinski definition) is 1. The van der Waals surface area contributed by atoms with Gasteiger partial charge in [0, 0.05) is 17.7 Å². The molecular formula is C14H16F3NOS. The Bertz CT molecular complexity index is 579. The van der Waals surface area contributed by atoms with Crippen LogP contribution < -0.4 is 5.32 Å². The van der Waals surface area contributed by atoms with Crippen LogP contribution in [-0.2, 0) is 0 Å². The van der Waals surface area contributed by atoms with Gasteiger partial charge in [0.15, 0.2) is 0 Å². The Balaban J connectivity index is 1.97. The highest BCUT2D eigenvalue weighted by atomic mass is 32.2. The molecule has 1 aromatic heterocycles. The second-order valence-corrected chi connectivity index (χ2v) is 5.72. The molecule has 0 radical (unpaired) electrons. The molecule has 20 heavy (non-hydrogen) atoms. The molecule has 0 aliphatic rings. The van der Waals surface area contributed by atoms with Crippen LogP contribution in [0.5, 0.6) is 0 Å². The Kier molecular flexibility index (Phi) is 4.65. The van der Waals surface area contributed by atoms with Crippen molar-refractivity contribution < 1.29 is 17.6 Å². The van der Waals surface area contributed by atoms with Crippen LogP contribution in [0.4, 0.5) is 13.2 Å². The summed E-state index contributed by atoms with van der Waals surface area (Å²) >= 11 is -0.0131. The fraction of sp³-hybridized carbons (Fsp3) is 0.429. The Hall–Kier alpha value is -1.14. The van der Waals surface area contributed by atoms with Crippen LogP contribution in [-0.4, -0.2) is 17.8 Å². The highest BCUT2D eigenvalue weighted by Gasteiger charge is 2.27. The molecule has 2 rings (SSSR count). The van der Waals surface area contributed by atoms with Gasteiger partial charge in [-0.1, -0.05) is 18.2 Å². The summed E-state index contributed by atoms with van der Waals surface area (Å²) in [5, 5.41) is 4.10. The lowest BCUT2D eigenvalue weighted by atomic mass is 10.1. The van der Waals surface area contributed by atoms with Gasteiger partial charge in [-0.25, -0.2) is 0 Å². The maximum atomic E-state index is 12.0. The van der Waals surface area contributed by atoms with Crippen molar-refractivity contribution in [3.63, 3.8) is 0 Å². The number of rotatable bonds is 5. The number of alkyl halides is 3. The van der Waals surface area contributed by atoms with Crippen LogP contribution in [0.25, 0.3) is 11.0 Å². The van der Waals surface area contributed by atoms with E-state index in [1.165, 1.54) is 0 Å². The van der Waals surface area contributed by atoms with E-state index in [1.54, 1.807) is 0 Å². The normalized spacial score (nSPS) is 13.8. The van der Waals surface area contributed by atoms with E-state index in [9.17, 15) is 13.2 Å². The summed E-state index contributed by atoms with van der Waals surface area (Å²) in [5.74, 6) is 0.774. The zero-order valence-corrected chi connectivity index (χ0v) is 12.1. The van der Waals surface area contributed by atoms with Gasteiger partial charge in [0.25, 0.3) is 0 Å². The SMILES string of the molecule is Cc1c(C(C)NCCSC(F)(F)F)oc2ccccc12. The van der Waals surface area contributed by atoms with Crippen LogP contribution in [0.2, 0.25) is 0 Å². The molecule has 0 amide bonds. The molecule has 1 atom stereocenters. The molecule has 0 aliphatic carbocycles. The van der Waals surface area contributed by atoms with Gasteiger partial charge in [-0.15, -0.1) is 0 Å². The van der Waals surface area contributed by atoms with E-state index in [4.69, 9.17) is 4.42 Å². The molecule has 110 valence electrons. The number of benzene rings is 1. The van der Waals surface area contributed by atoms with Crippen LogP contribution >= 0.6 is 11.8 Å². The fourth-order valence-corrected chi connectivity index (χ4v) is 2.59. The Morgan fingerprint density at radius 1 is 1.30 bits per heavy atom. The average molecular weight is 303 g/mol. The smallest absolute Gasteiger partial charge is 0.441 e. The molecule has 1 heterocycles. The second kappa shape index (κ2) is 6.10. The quantitative estimate of drug-likeness (QED) is 0.814. The number of thioether (sulfide) groups is 1. The van der Waals surface area contributed by atoms with Crippen molar-refractivity contribution in [3.05, 3.63) is 35.6 Å². The molecule has 0 bridgehead atoms. The van der Waals surface area contributed by atoms with Crippen molar-refractivity contribution in [1.29, 1.82) is 0 Å². The topological polar surface area (TPSA) is 25.2 Å². The first-order valence-corrected chi connectivity index (χ1v) is 7.29. The zero-order chi connectivity index (χ0) is 14.8. The molecule has 0 spiro atoms. The van der Waals surface area contributed by atoms with Crippen LogP contribution in [0.3, 0.4) is 0 Å². The van der Waals surface area contributed by atoms with Crippen LogP contribution in [0.1, 0.15) is 24.3 Å². The first kappa shape index (κ1) is 15.3. The molecule has 1 unspecified atom stereocenters. The molecule has 2 aromatic rings. The number of aryl methyl sites for hydroxylation is 1. The first-order chi connectivity index (χ1) is 9.38. The minimum absolute atomic E-state index is 0.00683. The van der Waals surface area contributed by atoms with Gasteiger partial charge in [-0.2, -0.15) is 13.2 Å². The predicted octanol–water partition coefficient (Wildman–Crippen LogP) is 4.64. The van der Waals surface area contributed by atoms with Crippen LogP contribution in [0.15, 0.2) is 28.7 Å². The van der Waals surface area contributed by atoms with E-state index in [-0.39, 0.29) is 30.1 Å². The Morgan fingerprint density at radius 2 is 2.00 bits per heavy atom. The van der Waals surface area contributed by atoms with Gasteiger partial charge < -0.3 is 9.73 Å². The van der Waals surface area contributed by atoms with E-state index in [1.807, 2.05) is 38.1 Å². The van der Waals surface area contributed by atoms with Gasteiger partial charge >= 0.3 is 5.51 Å². The minimum Gasteiger partial charge on any atom is -0.459 e. The van der Waals surface area contributed by atoms with Crippen molar-refractivity contribution >= 4 is 22.7 Å². The fourth-order valence-electron chi connectivity index (χ4n) is 2.14. The standard InChI is InChI=1S/C14H16F3NOS/c1-9-11-5-3-4-6-12(11)19-13(9)10(2)18-7-8-20-14(15,16)17/h3-6,10,18H,7-8H2,1-2H3. The second-order valence-electron chi connectivity index (χ2n) is 4.56. The number of furan rings is 1. The molecule has 0 fully saturated rings. The van der Waals surface area contributed by atoms with Crippen molar-refractivity contribution in [2.24, 2.45) is 0 Å².